The molecule has 0 saturated carbocycles. The number of para-hydroxylation sites is 1. The van der Waals surface area contributed by atoms with Gasteiger partial charge in [-0.15, -0.1) is 0 Å². The molecule has 0 unspecified atom stereocenters. The van der Waals surface area contributed by atoms with Crippen LogP contribution in [0.4, 0.5) is 11.4 Å². The van der Waals surface area contributed by atoms with Gasteiger partial charge in [0, 0.05) is 33.1 Å². The van der Waals surface area contributed by atoms with E-state index in [4.69, 9.17) is 5.73 Å². The minimum absolute atomic E-state index is 0.0409. The summed E-state index contributed by atoms with van der Waals surface area (Å²) in [4.78, 5) is 26.2. The number of anilines is 2. The minimum atomic E-state index is -0.990. The van der Waals surface area contributed by atoms with Gasteiger partial charge in [-0.3, -0.25) is 4.79 Å². The Labute approximate surface area is 111 Å². The van der Waals surface area contributed by atoms with E-state index in [1.807, 2.05) is 4.90 Å². The highest BCUT2D eigenvalue weighted by Crippen LogP contribution is 2.28. The number of nitrogens with zero attached hydrogens (tertiary/aromatic N) is 2. The van der Waals surface area contributed by atoms with Crippen molar-refractivity contribution >= 4 is 23.3 Å². The molecule has 0 aromatic heterocycles. The standard InChI is InChI=1S/C13H17N3O3/c1-9(17)15-5-7-16(8-6-15)12-10(13(18)19)3-2-4-11(12)14/h2-4H,5-8,14H2,1H3,(H,18,19). The fraction of sp³-hybridized carbons (Fsp3) is 0.385. The summed E-state index contributed by atoms with van der Waals surface area (Å²) in [5.74, 6) is -0.949. The number of hydrogen-bond donors (Lipinski definition) is 2. The number of carbonyl (C=O) groups excluding carboxylic acids is 1. The van der Waals surface area contributed by atoms with Crippen LogP contribution < -0.4 is 10.6 Å². The molecule has 6 nitrogen and oxygen atoms in total. The lowest BCUT2D eigenvalue weighted by Crippen LogP contribution is -2.48. The van der Waals surface area contributed by atoms with Gasteiger partial charge in [-0.25, -0.2) is 4.79 Å². The summed E-state index contributed by atoms with van der Waals surface area (Å²) in [5.41, 5.74) is 7.11. The second-order valence-corrected chi connectivity index (χ2v) is 4.54. The lowest BCUT2D eigenvalue weighted by Gasteiger charge is -2.36. The Balaban J connectivity index is 2.24. The predicted octanol–water partition coefficient (Wildman–Crippen LogP) is 0.635. The van der Waals surface area contributed by atoms with Crippen LogP contribution >= 0.6 is 0 Å². The second-order valence-electron chi connectivity index (χ2n) is 4.54. The van der Waals surface area contributed by atoms with Crippen LogP contribution in [0.15, 0.2) is 18.2 Å². The molecule has 0 bridgehead atoms. The smallest absolute Gasteiger partial charge is 0.337 e. The Morgan fingerprint density at radius 2 is 1.84 bits per heavy atom. The fourth-order valence-corrected chi connectivity index (χ4v) is 2.33. The first kappa shape index (κ1) is 13.2. The number of aromatic carboxylic acids is 1. The zero-order chi connectivity index (χ0) is 14.0. The number of hydrogen-bond acceptors (Lipinski definition) is 4. The molecule has 1 aliphatic rings. The Morgan fingerprint density at radius 1 is 1.21 bits per heavy atom. The molecule has 1 amide bonds. The number of carboxylic acids is 1. The first-order valence-electron chi connectivity index (χ1n) is 6.13. The van der Waals surface area contributed by atoms with Crippen LogP contribution in [0.25, 0.3) is 0 Å². The van der Waals surface area contributed by atoms with Crippen molar-refractivity contribution in [2.75, 3.05) is 36.8 Å². The van der Waals surface area contributed by atoms with E-state index in [1.165, 1.54) is 6.92 Å². The van der Waals surface area contributed by atoms with Crippen molar-refractivity contribution in [1.82, 2.24) is 4.90 Å². The molecule has 0 radical (unpaired) electrons. The average Bonchev–Trinajstić information content (AvgIpc) is 2.38. The zero-order valence-corrected chi connectivity index (χ0v) is 10.8. The molecule has 0 spiro atoms. The van der Waals surface area contributed by atoms with Crippen molar-refractivity contribution in [1.29, 1.82) is 0 Å². The zero-order valence-electron chi connectivity index (χ0n) is 10.8. The quantitative estimate of drug-likeness (QED) is 0.764. The van der Waals surface area contributed by atoms with Crippen molar-refractivity contribution in [2.45, 2.75) is 6.92 Å². The van der Waals surface area contributed by atoms with Crippen LogP contribution in [0.5, 0.6) is 0 Å². The van der Waals surface area contributed by atoms with Gasteiger partial charge in [0.25, 0.3) is 0 Å². The summed E-state index contributed by atoms with van der Waals surface area (Å²) in [6.07, 6.45) is 0. The highest BCUT2D eigenvalue weighted by atomic mass is 16.4. The average molecular weight is 263 g/mol. The first-order chi connectivity index (χ1) is 9.00. The third kappa shape index (κ3) is 2.62. The molecular weight excluding hydrogens is 246 g/mol. The van der Waals surface area contributed by atoms with Crippen LogP contribution in [0.1, 0.15) is 17.3 Å². The van der Waals surface area contributed by atoms with Crippen LogP contribution in [-0.4, -0.2) is 48.1 Å². The molecule has 1 fully saturated rings. The molecule has 1 aromatic carbocycles. The molecular formula is C13H17N3O3. The lowest BCUT2D eigenvalue weighted by molar-refractivity contribution is -0.129. The summed E-state index contributed by atoms with van der Waals surface area (Å²) in [7, 11) is 0. The molecule has 19 heavy (non-hydrogen) atoms. The van der Waals surface area contributed by atoms with Crippen molar-refractivity contribution in [3.8, 4) is 0 Å². The molecule has 1 aliphatic heterocycles. The molecule has 0 aliphatic carbocycles. The Kier molecular flexibility index (Phi) is 3.59. The summed E-state index contributed by atoms with van der Waals surface area (Å²) in [6.45, 7) is 3.89. The number of carbonyl (C=O) groups is 2. The Bertz CT molecular complexity index is 508. The maximum absolute atomic E-state index is 11.3. The van der Waals surface area contributed by atoms with Gasteiger partial charge in [0.2, 0.25) is 5.91 Å². The number of carboxylic acid groups (broad SMARTS) is 1. The topological polar surface area (TPSA) is 86.9 Å². The highest BCUT2D eigenvalue weighted by Gasteiger charge is 2.23. The number of nitrogens with two attached hydrogens (primary N) is 1. The predicted molar refractivity (Wildman–Crippen MR) is 72.3 cm³/mol. The molecule has 1 heterocycles. The summed E-state index contributed by atoms with van der Waals surface area (Å²) >= 11 is 0. The van der Waals surface area contributed by atoms with Gasteiger partial charge in [0.05, 0.1) is 16.9 Å². The van der Waals surface area contributed by atoms with Gasteiger partial charge < -0.3 is 20.6 Å². The normalized spacial score (nSPS) is 15.4. The molecule has 0 atom stereocenters. The van der Waals surface area contributed by atoms with Crippen LogP contribution in [0.2, 0.25) is 0 Å². The number of benzene rings is 1. The third-order valence-corrected chi connectivity index (χ3v) is 3.34. The van der Waals surface area contributed by atoms with E-state index in [-0.39, 0.29) is 11.5 Å². The van der Waals surface area contributed by atoms with E-state index in [0.717, 1.165) is 0 Å². The van der Waals surface area contributed by atoms with Gasteiger partial charge in [0.15, 0.2) is 0 Å². The molecule has 102 valence electrons. The summed E-state index contributed by atoms with van der Waals surface area (Å²) in [5, 5.41) is 9.21. The number of amides is 1. The van der Waals surface area contributed by atoms with E-state index >= 15 is 0 Å². The van der Waals surface area contributed by atoms with E-state index in [9.17, 15) is 14.7 Å². The van der Waals surface area contributed by atoms with Gasteiger partial charge in [-0.1, -0.05) is 6.07 Å². The Hall–Kier alpha value is -2.24. The van der Waals surface area contributed by atoms with Crippen molar-refractivity contribution in [2.24, 2.45) is 0 Å². The van der Waals surface area contributed by atoms with Crippen LogP contribution in [-0.2, 0) is 4.79 Å². The molecule has 1 aromatic rings. The van der Waals surface area contributed by atoms with Gasteiger partial charge >= 0.3 is 5.97 Å². The van der Waals surface area contributed by atoms with Gasteiger partial charge in [-0.05, 0) is 12.1 Å². The minimum Gasteiger partial charge on any atom is -0.478 e. The molecule has 3 N–H and O–H groups in total. The van der Waals surface area contributed by atoms with Crippen molar-refractivity contribution in [3.05, 3.63) is 23.8 Å². The first-order valence-corrected chi connectivity index (χ1v) is 6.13. The van der Waals surface area contributed by atoms with Gasteiger partial charge in [0.1, 0.15) is 0 Å². The number of rotatable bonds is 2. The van der Waals surface area contributed by atoms with E-state index < -0.39 is 5.97 Å². The largest absolute Gasteiger partial charge is 0.478 e. The summed E-state index contributed by atoms with van der Waals surface area (Å²) in [6, 6.07) is 4.87. The van der Waals surface area contributed by atoms with Crippen LogP contribution in [0.3, 0.4) is 0 Å². The van der Waals surface area contributed by atoms with Crippen LogP contribution in [0, 0.1) is 0 Å². The summed E-state index contributed by atoms with van der Waals surface area (Å²) < 4.78 is 0. The van der Waals surface area contributed by atoms with E-state index in [0.29, 0.717) is 37.6 Å². The third-order valence-electron chi connectivity index (χ3n) is 3.34. The van der Waals surface area contributed by atoms with Gasteiger partial charge in [-0.2, -0.15) is 0 Å². The van der Waals surface area contributed by atoms with Crippen molar-refractivity contribution in [3.63, 3.8) is 0 Å². The lowest BCUT2D eigenvalue weighted by atomic mass is 10.1. The maximum atomic E-state index is 11.3. The monoisotopic (exact) mass is 263 g/mol. The number of nitrogen functional groups attached to an aromatic ring is 1. The second kappa shape index (κ2) is 5.17. The van der Waals surface area contributed by atoms with E-state index in [1.54, 1.807) is 23.1 Å². The van der Waals surface area contributed by atoms with Crippen molar-refractivity contribution < 1.29 is 14.7 Å². The molecule has 6 heteroatoms. The Morgan fingerprint density at radius 3 is 2.37 bits per heavy atom. The molecule has 1 saturated heterocycles. The highest BCUT2D eigenvalue weighted by molar-refractivity contribution is 5.98. The maximum Gasteiger partial charge on any atom is 0.337 e. The SMILES string of the molecule is CC(=O)N1CCN(c2c(N)cccc2C(=O)O)CC1. The number of piperazine rings is 1. The molecule has 2 rings (SSSR count). The fourth-order valence-electron chi connectivity index (χ4n) is 2.33. The van der Waals surface area contributed by atoms with E-state index in [2.05, 4.69) is 0 Å².